The molecule has 0 aromatic rings. The van der Waals surface area contributed by atoms with Crippen LogP contribution in [0, 0.1) is 0 Å². The Morgan fingerprint density at radius 1 is 1.05 bits per heavy atom. The highest BCUT2D eigenvalue weighted by Crippen LogP contribution is 1.89. The summed E-state index contributed by atoms with van der Waals surface area (Å²) in [5.74, 6) is -2.72. The van der Waals surface area contributed by atoms with Crippen molar-refractivity contribution in [1.29, 1.82) is 0 Å². The van der Waals surface area contributed by atoms with Gasteiger partial charge in [0.1, 0.15) is 18.6 Å². The molecule has 6 N–H and O–H groups in total. The number of carbonyl (C=O) groups excluding carboxylic acids is 3. The van der Waals surface area contributed by atoms with E-state index in [2.05, 4.69) is 16.0 Å². The van der Waals surface area contributed by atoms with Crippen LogP contribution in [0.15, 0.2) is 0 Å². The lowest BCUT2D eigenvalue weighted by Crippen LogP contribution is -2.52. The van der Waals surface area contributed by atoms with Gasteiger partial charge >= 0.3 is 5.97 Å². The molecule has 9 nitrogen and oxygen atoms in total. The minimum atomic E-state index is -1.18. The molecule has 3 amide bonds. The Kier molecular flexibility index (Phi) is 7.90. The number of hydrogen-bond acceptors (Lipinski definition) is 5. The van der Waals surface area contributed by atoms with Crippen molar-refractivity contribution in [2.75, 3.05) is 13.1 Å². The van der Waals surface area contributed by atoms with Gasteiger partial charge in [-0.3, -0.25) is 19.2 Å². The molecular formula is C11H20N4O5. The molecule has 0 saturated heterocycles. The third-order valence-corrected chi connectivity index (χ3v) is 2.31. The average Bonchev–Trinajstić information content (AvgIpc) is 2.35. The summed E-state index contributed by atoms with van der Waals surface area (Å²) >= 11 is 0. The summed E-state index contributed by atoms with van der Waals surface area (Å²) in [6, 6.07) is -1.72. The van der Waals surface area contributed by atoms with Crippen LogP contribution in [0.25, 0.3) is 0 Å². The van der Waals surface area contributed by atoms with Gasteiger partial charge in [0.2, 0.25) is 17.7 Å². The van der Waals surface area contributed by atoms with Gasteiger partial charge < -0.3 is 26.8 Å². The summed E-state index contributed by atoms with van der Waals surface area (Å²) in [7, 11) is 0. The number of nitrogens with one attached hydrogen (secondary N) is 3. The third kappa shape index (κ3) is 7.31. The molecule has 0 bridgehead atoms. The highest BCUT2D eigenvalue weighted by atomic mass is 16.4. The number of hydrogen-bond donors (Lipinski definition) is 5. The summed E-state index contributed by atoms with van der Waals surface area (Å²) in [6.07, 6.45) is 0.103. The molecule has 9 heteroatoms. The summed E-state index contributed by atoms with van der Waals surface area (Å²) in [6.45, 7) is 2.52. The van der Waals surface area contributed by atoms with Crippen LogP contribution < -0.4 is 21.7 Å². The van der Waals surface area contributed by atoms with Crippen molar-refractivity contribution < 1.29 is 24.3 Å². The predicted octanol–water partition coefficient (Wildman–Crippen LogP) is -2.45. The maximum Gasteiger partial charge on any atom is 0.322 e. The number of nitrogens with two attached hydrogens (primary N) is 1. The average molecular weight is 288 g/mol. The second kappa shape index (κ2) is 8.86. The van der Waals surface area contributed by atoms with Crippen molar-refractivity contribution in [3.63, 3.8) is 0 Å². The maximum atomic E-state index is 11.7. The van der Waals surface area contributed by atoms with E-state index in [0.717, 1.165) is 0 Å². The number of amides is 3. The van der Waals surface area contributed by atoms with Gasteiger partial charge in [0.15, 0.2) is 0 Å². The van der Waals surface area contributed by atoms with Gasteiger partial charge in [0, 0.05) is 13.0 Å². The van der Waals surface area contributed by atoms with E-state index in [1.54, 1.807) is 0 Å². The number of carboxylic acids is 1. The zero-order valence-electron chi connectivity index (χ0n) is 11.4. The zero-order valence-corrected chi connectivity index (χ0v) is 11.4. The van der Waals surface area contributed by atoms with Crippen LogP contribution in [0.1, 0.15) is 20.3 Å². The molecule has 20 heavy (non-hydrogen) atoms. The molecule has 0 unspecified atom stereocenters. The Balaban J connectivity index is 4.20. The van der Waals surface area contributed by atoms with E-state index in [0.29, 0.717) is 0 Å². The Morgan fingerprint density at radius 3 is 2.10 bits per heavy atom. The minimum Gasteiger partial charge on any atom is -0.480 e. The number of carbonyl (C=O) groups is 4. The highest BCUT2D eigenvalue weighted by Gasteiger charge is 2.20. The molecule has 114 valence electrons. The lowest BCUT2D eigenvalue weighted by molar-refractivity contribution is -0.138. The summed E-state index contributed by atoms with van der Waals surface area (Å²) < 4.78 is 0. The molecule has 0 spiro atoms. The Labute approximate surface area is 116 Å². The summed E-state index contributed by atoms with van der Waals surface area (Å²) in [5, 5.41) is 15.3. The van der Waals surface area contributed by atoms with Crippen molar-refractivity contribution in [2.24, 2.45) is 5.73 Å². The van der Waals surface area contributed by atoms with Crippen LogP contribution in [0.3, 0.4) is 0 Å². The largest absolute Gasteiger partial charge is 0.480 e. The second-order valence-corrected chi connectivity index (χ2v) is 4.17. The van der Waals surface area contributed by atoms with Crippen molar-refractivity contribution in [3.05, 3.63) is 0 Å². The summed E-state index contributed by atoms with van der Waals surface area (Å²) in [5.41, 5.74) is 5.20. The molecule has 2 atom stereocenters. The van der Waals surface area contributed by atoms with Gasteiger partial charge in [-0.2, -0.15) is 0 Å². The van der Waals surface area contributed by atoms with E-state index < -0.39 is 36.4 Å². The quantitative estimate of drug-likeness (QED) is 0.334. The minimum absolute atomic E-state index is 0.103. The van der Waals surface area contributed by atoms with Crippen molar-refractivity contribution >= 4 is 23.7 Å². The van der Waals surface area contributed by atoms with E-state index in [1.165, 1.54) is 13.8 Å². The van der Waals surface area contributed by atoms with Gasteiger partial charge in [-0.15, -0.1) is 0 Å². The molecule has 0 aliphatic rings. The van der Waals surface area contributed by atoms with E-state index in [-0.39, 0.29) is 18.9 Å². The fourth-order valence-electron chi connectivity index (χ4n) is 1.23. The number of carboxylic acid groups (broad SMARTS) is 1. The predicted molar refractivity (Wildman–Crippen MR) is 69.5 cm³/mol. The van der Waals surface area contributed by atoms with Crippen LogP contribution in [0.2, 0.25) is 0 Å². The van der Waals surface area contributed by atoms with Crippen LogP contribution in [-0.2, 0) is 19.2 Å². The first-order valence-corrected chi connectivity index (χ1v) is 6.07. The van der Waals surface area contributed by atoms with Crippen molar-refractivity contribution in [1.82, 2.24) is 16.0 Å². The lowest BCUT2D eigenvalue weighted by atomic mass is 10.2. The zero-order chi connectivity index (χ0) is 15.7. The van der Waals surface area contributed by atoms with Gasteiger partial charge in [0.05, 0.1) is 0 Å². The van der Waals surface area contributed by atoms with Gasteiger partial charge in [0.25, 0.3) is 0 Å². The topological polar surface area (TPSA) is 151 Å². The first-order chi connectivity index (χ1) is 9.27. The molecule has 0 heterocycles. The molecule has 0 radical (unpaired) electrons. The smallest absolute Gasteiger partial charge is 0.322 e. The Hall–Kier alpha value is -2.16. The molecule has 0 aromatic carbocycles. The monoisotopic (exact) mass is 288 g/mol. The third-order valence-electron chi connectivity index (χ3n) is 2.31. The molecule has 0 rings (SSSR count). The first-order valence-electron chi connectivity index (χ1n) is 6.07. The van der Waals surface area contributed by atoms with Gasteiger partial charge in [-0.1, -0.05) is 0 Å². The molecule has 0 aliphatic carbocycles. The maximum absolute atomic E-state index is 11.7. The SMILES string of the molecule is C[C@H](NC(=O)CCN)C(=O)N[C@@H](C)C(=O)NCC(=O)O. The van der Waals surface area contributed by atoms with Crippen molar-refractivity contribution in [3.8, 4) is 0 Å². The lowest BCUT2D eigenvalue weighted by Gasteiger charge is -2.17. The van der Waals surface area contributed by atoms with Crippen LogP contribution >= 0.6 is 0 Å². The fourth-order valence-corrected chi connectivity index (χ4v) is 1.23. The van der Waals surface area contributed by atoms with E-state index in [1.807, 2.05) is 0 Å². The van der Waals surface area contributed by atoms with Crippen LogP contribution in [-0.4, -0.2) is 54.0 Å². The number of aliphatic carboxylic acids is 1. The van der Waals surface area contributed by atoms with Crippen molar-refractivity contribution in [2.45, 2.75) is 32.4 Å². The first kappa shape index (κ1) is 17.8. The molecule has 0 fully saturated rings. The van der Waals surface area contributed by atoms with Crippen LogP contribution in [0.5, 0.6) is 0 Å². The number of rotatable bonds is 8. The fraction of sp³-hybridized carbons (Fsp3) is 0.636. The summed E-state index contributed by atoms with van der Waals surface area (Å²) in [4.78, 5) is 44.6. The Morgan fingerprint density at radius 2 is 1.60 bits per heavy atom. The molecule has 0 saturated carbocycles. The Bertz CT molecular complexity index is 385. The highest BCUT2D eigenvalue weighted by molar-refractivity contribution is 5.92. The van der Waals surface area contributed by atoms with E-state index >= 15 is 0 Å². The second-order valence-electron chi connectivity index (χ2n) is 4.17. The van der Waals surface area contributed by atoms with Gasteiger partial charge in [-0.05, 0) is 13.8 Å². The molecule has 0 aromatic heterocycles. The van der Waals surface area contributed by atoms with Crippen LogP contribution in [0.4, 0.5) is 0 Å². The van der Waals surface area contributed by atoms with E-state index in [4.69, 9.17) is 10.8 Å². The normalized spacial score (nSPS) is 12.9. The van der Waals surface area contributed by atoms with Gasteiger partial charge in [-0.25, -0.2) is 0 Å². The molecular weight excluding hydrogens is 268 g/mol. The molecule has 0 aliphatic heterocycles. The standard InChI is InChI=1S/C11H20N4O5/c1-6(10(19)13-5-9(17)18)15-11(20)7(2)14-8(16)3-4-12/h6-7H,3-5,12H2,1-2H3,(H,13,19)(H,14,16)(H,15,20)(H,17,18)/t6-,7-/m0/s1. The van der Waals surface area contributed by atoms with E-state index in [9.17, 15) is 19.2 Å².